The van der Waals surface area contributed by atoms with E-state index in [9.17, 15) is 0 Å². The third kappa shape index (κ3) is 2.09. The Labute approximate surface area is 126 Å². The highest BCUT2D eigenvalue weighted by molar-refractivity contribution is 5.84. The number of nitrogens with two attached hydrogens (primary N) is 1. The topological polar surface area (TPSA) is 80.5 Å². The average molecular weight is 287 g/mol. The molecule has 22 heavy (non-hydrogen) atoms. The summed E-state index contributed by atoms with van der Waals surface area (Å²) in [7, 11) is 0. The summed E-state index contributed by atoms with van der Waals surface area (Å²) >= 11 is 0. The molecular formula is C17H13N5. The van der Waals surface area contributed by atoms with Gasteiger partial charge < -0.3 is 10.7 Å². The number of benzene rings is 2. The molecule has 5 heteroatoms. The smallest absolute Gasteiger partial charge is 0.183 e. The van der Waals surface area contributed by atoms with Crippen LogP contribution in [0.5, 0.6) is 0 Å². The number of fused-ring (bicyclic) bond motifs is 1. The van der Waals surface area contributed by atoms with Crippen molar-refractivity contribution in [2.45, 2.75) is 0 Å². The maximum absolute atomic E-state index is 5.85. The van der Waals surface area contributed by atoms with Crippen molar-refractivity contribution in [2.24, 2.45) is 0 Å². The van der Waals surface area contributed by atoms with Gasteiger partial charge in [0, 0.05) is 5.56 Å². The third-order valence-electron chi connectivity index (χ3n) is 3.56. The molecular weight excluding hydrogens is 274 g/mol. The predicted molar refractivity (Wildman–Crippen MR) is 87.0 cm³/mol. The first-order valence-corrected chi connectivity index (χ1v) is 6.93. The van der Waals surface area contributed by atoms with Gasteiger partial charge in [-0.2, -0.15) is 0 Å². The van der Waals surface area contributed by atoms with Crippen LogP contribution in [-0.2, 0) is 0 Å². The zero-order valence-corrected chi connectivity index (χ0v) is 11.7. The van der Waals surface area contributed by atoms with Gasteiger partial charge in [-0.3, -0.25) is 0 Å². The van der Waals surface area contributed by atoms with Crippen molar-refractivity contribution in [3.8, 4) is 22.5 Å². The van der Waals surface area contributed by atoms with Crippen LogP contribution in [0.1, 0.15) is 0 Å². The van der Waals surface area contributed by atoms with Crippen molar-refractivity contribution >= 4 is 17.0 Å². The van der Waals surface area contributed by atoms with Crippen LogP contribution >= 0.6 is 0 Å². The van der Waals surface area contributed by atoms with E-state index >= 15 is 0 Å². The lowest BCUT2D eigenvalue weighted by atomic mass is 10.0. The van der Waals surface area contributed by atoms with E-state index in [2.05, 4.69) is 44.2 Å². The Bertz CT molecular complexity index is 944. The summed E-state index contributed by atoms with van der Waals surface area (Å²) in [5.41, 5.74) is 10.4. The van der Waals surface area contributed by atoms with E-state index in [1.165, 1.54) is 11.9 Å². The van der Waals surface area contributed by atoms with Crippen molar-refractivity contribution in [3.63, 3.8) is 0 Å². The highest BCUT2D eigenvalue weighted by Gasteiger charge is 2.09. The highest BCUT2D eigenvalue weighted by atomic mass is 15.0. The average Bonchev–Trinajstić information content (AvgIpc) is 3.02. The summed E-state index contributed by atoms with van der Waals surface area (Å²) in [5.74, 6) is 1.14. The Morgan fingerprint density at radius 3 is 2.41 bits per heavy atom. The lowest BCUT2D eigenvalue weighted by Crippen LogP contribution is -1.91. The molecule has 3 N–H and O–H groups in total. The van der Waals surface area contributed by atoms with Gasteiger partial charge in [-0.25, -0.2) is 15.0 Å². The van der Waals surface area contributed by atoms with Gasteiger partial charge in [0.1, 0.15) is 17.7 Å². The van der Waals surface area contributed by atoms with Crippen LogP contribution in [0, 0.1) is 0 Å². The minimum absolute atomic E-state index is 0.406. The number of aromatic amines is 1. The summed E-state index contributed by atoms with van der Waals surface area (Å²) in [5, 5.41) is 0. The van der Waals surface area contributed by atoms with E-state index in [4.69, 9.17) is 5.73 Å². The van der Waals surface area contributed by atoms with E-state index in [1.807, 2.05) is 30.3 Å². The van der Waals surface area contributed by atoms with Gasteiger partial charge >= 0.3 is 0 Å². The Morgan fingerprint density at radius 2 is 1.59 bits per heavy atom. The first kappa shape index (κ1) is 12.5. The fourth-order valence-corrected chi connectivity index (χ4v) is 2.46. The predicted octanol–water partition coefficient (Wildman–Crippen LogP) is 3.27. The molecule has 0 aliphatic carbocycles. The normalized spacial score (nSPS) is 10.9. The molecule has 0 unspecified atom stereocenters. The van der Waals surface area contributed by atoms with Gasteiger partial charge in [-0.05, 0) is 17.2 Å². The zero-order chi connectivity index (χ0) is 14.9. The van der Waals surface area contributed by atoms with Crippen molar-refractivity contribution in [1.29, 1.82) is 0 Å². The largest absolute Gasteiger partial charge is 0.382 e. The van der Waals surface area contributed by atoms with E-state index in [1.54, 1.807) is 0 Å². The van der Waals surface area contributed by atoms with Gasteiger partial charge in [-0.15, -0.1) is 0 Å². The molecule has 0 saturated heterocycles. The fraction of sp³-hybridized carbons (Fsp3) is 0. The van der Waals surface area contributed by atoms with Crippen LogP contribution in [0.25, 0.3) is 33.7 Å². The summed E-state index contributed by atoms with van der Waals surface area (Å²) in [4.78, 5) is 15.8. The summed E-state index contributed by atoms with van der Waals surface area (Å²) in [6.45, 7) is 0. The summed E-state index contributed by atoms with van der Waals surface area (Å²) in [6.07, 6.45) is 1.42. The van der Waals surface area contributed by atoms with Gasteiger partial charge in [0.15, 0.2) is 11.5 Å². The first-order chi connectivity index (χ1) is 10.8. The molecule has 0 saturated carbocycles. The van der Waals surface area contributed by atoms with Crippen LogP contribution in [-0.4, -0.2) is 19.9 Å². The Morgan fingerprint density at radius 1 is 0.818 bits per heavy atom. The van der Waals surface area contributed by atoms with Crippen molar-refractivity contribution < 1.29 is 0 Å². The Balaban J connectivity index is 1.83. The van der Waals surface area contributed by atoms with Crippen molar-refractivity contribution in [3.05, 3.63) is 60.9 Å². The molecule has 4 rings (SSSR count). The highest BCUT2D eigenvalue weighted by Crippen LogP contribution is 2.26. The fourth-order valence-electron chi connectivity index (χ4n) is 2.46. The Kier molecular flexibility index (Phi) is 2.83. The molecule has 0 fully saturated rings. The molecule has 2 aromatic heterocycles. The number of hydrogen-bond acceptors (Lipinski definition) is 4. The number of nitrogen functional groups attached to an aromatic ring is 1. The number of hydrogen-bond donors (Lipinski definition) is 2. The number of nitrogens with one attached hydrogen (secondary N) is 1. The monoisotopic (exact) mass is 287 g/mol. The zero-order valence-electron chi connectivity index (χ0n) is 11.7. The van der Waals surface area contributed by atoms with Crippen molar-refractivity contribution in [1.82, 2.24) is 19.9 Å². The van der Waals surface area contributed by atoms with Gasteiger partial charge in [0.25, 0.3) is 0 Å². The van der Waals surface area contributed by atoms with Crippen LogP contribution < -0.4 is 5.73 Å². The maximum Gasteiger partial charge on any atom is 0.183 e. The lowest BCUT2D eigenvalue weighted by Gasteiger charge is -2.03. The molecule has 2 heterocycles. The molecule has 0 amide bonds. The molecule has 106 valence electrons. The molecule has 2 aromatic carbocycles. The SMILES string of the molecule is Nc1ncnc2nc(-c3cccc(-c4ccccc4)c3)[nH]c12. The van der Waals surface area contributed by atoms with Gasteiger partial charge in [0.2, 0.25) is 0 Å². The standard InChI is InChI=1S/C17H13N5/c18-15-14-17(20-10-19-15)22-16(21-14)13-8-4-7-12(9-13)11-5-2-1-3-6-11/h1-10H,(H3,18,19,20,21,22). The first-order valence-electron chi connectivity index (χ1n) is 6.93. The summed E-state index contributed by atoms with van der Waals surface area (Å²) in [6, 6.07) is 18.4. The summed E-state index contributed by atoms with van der Waals surface area (Å²) < 4.78 is 0. The minimum Gasteiger partial charge on any atom is -0.382 e. The Hall–Kier alpha value is -3.21. The number of rotatable bonds is 2. The number of anilines is 1. The van der Waals surface area contributed by atoms with Gasteiger partial charge in [0.05, 0.1) is 0 Å². The second-order valence-corrected chi connectivity index (χ2v) is 4.99. The quantitative estimate of drug-likeness (QED) is 0.593. The van der Waals surface area contributed by atoms with Crippen LogP contribution in [0.3, 0.4) is 0 Å². The van der Waals surface area contributed by atoms with Crippen LogP contribution in [0.4, 0.5) is 5.82 Å². The molecule has 4 aromatic rings. The molecule has 0 aliphatic rings. The van der Waals surface area contributed by atoms with Crippen molar-refractivity contribution in [2.75, 3.05) is 5.73 Å². The third-order valence-corrected chi connectivity index (χ3v) is 3.56. The van der Waals surface area contributed by atoms with Crippen LogP contribution in [0.2, 0.25) is 0 Å². The van der Waals surface area contributed by atoms with E-state index in [0.29, 0.717) is 17.0 Å². The molecule has 0 radical (unpaired) electrons. The molecule has 0 spiro atoms. The minimum atomic E-state index is 0.406. The lowest BCUT2D eigenvalue weighted by molar-refractivity contribution is 1.21. The van der Waals surface area contributed by atoms with E-state index < -0.39 is 0 Å². The van der Waals surface area contributed by atoms with Gasteiger partial charge in [-0.1, -0.05) is 48.5 Å². The van der Waals surface area contributed by atoms with E-state index in [-0.39, 0.29) is 0 Å². The second-order valence-electron chi connectivity index (χ2n) is 4.99. The number of nitrogens with zero attached hydrogens (tertiary/aromatic N) is 3. The number of imidazole rings is 1. The van der Waals surface area contributed by atoms with E-state index in [0.717, 1.165) is 17.0 Å². The number of H-pyrrole nitrogens is 1. The molecule has 0 atom stereocenters. The second kappa shape index (κ2) is 4.96. The maximum atomic E-state index is 5.85. The van der Waals surface area contributed by atoms with Crippen LogP contribution in [0.15, 0.2) is 60.9 Å². The molecule has 5 nitrogen and oxygen atoms in total. The molecule has 0 aliphatic heterocycles. The number of aromatic nitrogens is 4. The molecule has 0 bridgehead atoms.